The summed E-state index contributed by atoms with van der Waals surface area (Å²) in [5.41, 5.74) is 1.40. The fourth-order valence-electron chi connectivity index (χ4n) is 2.17. The van der Waals surface area contributed by atoms with E-state index in [-0.39, 0.29) is 0 Å². The van der Waals surface area contributed by atoms with Gasteiger partial charge in [-0.2, -0.15) is 23.1 Å². The highest BCUT2D eigenvalue weighted by molar-refractivity contribution is 8.00. The Kier molecular flexibility index (Phi) is 4.91. The summed E-state index contributed by atoms with van der Waals surface area (Å²) in [5.74, 6) is 0. The first-order valence-electron chi connectivity index (χ1n) is 6.14. The molecule has 1 aromatic rings. The van der Waals surface area contributed by atoms with Crippen molar-refractivity contribution in [3.05, 3.63) is 22.4 Å². The largest absolute Gasteiger partial charge is 0.381 e. The van der Waals surface area contributed by atoms with E-state index in [0.717, 1.165) is 32.6 Å². The van der Waals surface area contributed by atoms with Gasteiger partial charge in [0, 0.05) is 30.5 Å². The van der Waals surface area contributed by atoms with Gasteiger partial charge in [0.15, 0.2) is 0 Å². The van der Waals surface area contributed by atoms with E-state index in [4.69, 9.17) is 4.74 Å². The molecule has 2 heterocycles. The Morgan fingerprint density at radius 3 is 2.88 bits per heavy atom. The molecule has 4 heteroatoms. The summed E-state index contributed by atoms with van der Waals surface area (Å²) < 4.78 is 5.84. The second kappa shape index (κ2) is 6.23. The number of hydrogen-bond donors (Lipinski definition) is 1. The summed E-state index contributed by atoms with van der Waals surface area (Å²) in [7, 11) is 0. The first-order chi connectivity index (χ1) is 8.26. The van der Waals surface area contributed by atoms with Crippen LogP contribution in [0.5, 0.6) is 0 Å². The quantitative estimate of drug-likeness (QED) is 0.888. The number of hydrogen-bond acceptors (Lipinski definition) is 4. The third-order valence-electron chi connectivity index (χ3n) is 3.61. The zero-order valence-corrected chi connectivity index (χ0v) is 12.2. The predicted molar refractivity (Wildman–Crippen MR) is 77.0 cm³/mol. The van der Waals surface area contributed by atoms with Crippen LogP contribution in [0.4, 0.5) is 0 Å². The average Bonchev–Trinajstić information content (AvgIpc) is 2.91. The lowest BCUT2D eigenvalue weighted by molar-refractivity contribution is 0.0766. The monoisotopic (exact) mass is 271 g/mol. The van der Waals surface area contributed by atoms with Gasteiger partial charge in [0.05, 0.1) is 0 Å². The highest BCUT2D eigenvalue weighted by Gasteiger charge is 2.31. The van der Waals surface area contributed by atoms with Gasteiger partial charge in [0.2, 0.25) is 0 Å². The lowest BCUT2D eigenvalue weighted by Crippen LogP contribution is -2.42. The lowest BCUT2D eigenvalue weighted by atomic mass is 9.98. The Hall–Kier alpha value is -0.0300. The second-order valence-corrected chi connectivity index (χ2v) is 6.71. The number of ether oxygens (including phenoxy) is 1. The van der Waals surface area contributed by atoms with Crippen molar-refractivity contribution in [1.82, 2.24) is 5.32 Å². The molecule has 1 N–H and O–H groups in total. The Labute approximate surface area is 112 Å². The highest BCUT2D eigenvalue weighted by Crippen LogP contribution is 2.33. The Bertz CT molecular complexity index is 320. The fourth-order valence-corrected chi connectivity index (χ4v) is 3.73. The molecule has 0 unspecified atom stereocenters. The van der Waals surface area contributed by atoms with Crippen LogP contribution >= 0.6 is 23.1 Å². The van der Waals surface area contributed by atoms with Gasteiger partial charge in [-0.3, -0.25) is 0 Å². The standard InChI is InChI=1S/C13H21NOS2/c1-11(12-3-8-17-9-12)14-10-13(16-2)4-6-15-7-5-13/h3,8-9,11,14H,4-7,10H2,1-2H3/t11-/m1/s1. The van der Waals surface area contributed by atoms with Gasteiger partial charge in [-0.25, -0.2) is 0 Å². The van der Waals surface area contributed by atoms with E-state index >= 15 is 0 Å². The maximum atomic E-state index is 5.47. The summed E-state index contributed by atoms with van der Waals surface area (Å²) in [6, 6.07) is 2.66. The predicted octanol–water partition coefficient (Wildman–Crippen LogP) is 3.31. The van der Waals surface area contributed by atoms with Crippen molar-refractivity contribution in [2.24, 2.45) is 0 Å². The van der Waals surface area contributed by atoms with Crippen LogP contribution < -0.4 is 5.32 Å². The van der Waals surface area contributed by atoms with Gasteiger partial charge in [-0.15, -0.1) is 0 Å². The number of rotatable bonds is 5. The van der Waals surface area contributed by atoms with E-state index in [1.165, 1.54) is 5.56 Å². The Morgan fingerprint density at radius 2 is 2.29 bits per heavy atom. The molecule has 1 aliphatic rings. The zero-order valence-electron chi connectivity index (χ0n) is 10.6. The Morgan fingerprint density at radius 1 is 1.53 bits per heavy atom. The first-order valence-corrected chi connectivity index (χ1v) is 8.31. The van der Waals surface area contributed by atoms with Crippen molar-refractivity contribution in [2.45, 2.75) is 30.6 Å². The summed E-state index contributed by atoms with van der Waals surface area (Å²) in [6.07, 6.45) is 4.55. The summed E-state index contributed by atoms with van der Waals surface area (Å²) in [6.45, 7) is 5.15. The molecule has 2 nitrogen and oxygen atoms in total. The molecule has 1 atom stereocenters. The topological polar surface area (TPSA) is 21.3 Å². The van der Waals surface area contributed by atoms with Gasteiger partial charge >= 0.3 is 0 Å². The van der Waals surface area contributed by atoms with E-state index in [1.54, 1.807) is 11.3 Å². The summed E-state index contributed by atoms with van der Waals surface area (Å²) >= 11 is 3.76. The van der Waals surface area contributed by atoms with Crippen LogP contribution in [0.1, 0.15) is 31.4 Å². The number of nitrogens with one attached hydrogen (secondary N) is 1. The van der Waals surface area contributed by atoms with Crippen molar-refractivity contribution in [3.8, 4) is 0 Å². The molecule has 0 saturated carbocycles. The molecule has 1 aliphatic heterocycles. The van der Waals surface area contributed by atoms with E-state index in [1.807, 2.05) is 11.8 Å². The number of thiophene rings is 1. The van der Waals surface area contributed by atoms with Crippen LogP contribution in [-0.2, 0) is 4.74 Å². The molecule has 1 saturated heterocycles. The van der Waals surface area contributed by atoms with Crippen LogP contribution in [0.25, 0.3) is 0 Å². The van der Waals surface area contributed by atoms with Crippen LogP contribution in [0, 0.1) is 0 Å². The maximum Gasteiger partial charge on any atom is 0.0479 e. The minimum Gasteiger partial charge on any atom is -0.381 e. The third kappa shape index (κ3) is 3.47. The van der Waals surface area contributed by atoms with Crippen molar-refractivity contribution in [3.63, 3.8) is 0 Å². The van der Waals surface area contributed by atoms with Gasteiger partial charge in [0.25, 0.3) is 0 Å². The molecule has 96 valence electrons. The van der Waals surface area contributed by atoms with Crippen LogP contribution in [0.3, 0.4) is 0 Å². The lowest BCUT2D eigenvalue weighted by Gasteiger charge is -2.36. The van der Waals surface area contributed by atoms with Crippen LogP contribution in [0.2, 0.25) is 0 Å². The summed E-state index contributed by atoms with van der Waals surface area (Å²) in [5, 5.41) is 8.05. The second-order valence-electron chi connectivity index (χ2n) is 4.66. The molecule has 0 aromatic carbocycles. The Balaban J connectivity index is 1.87. The van der Waals surface area contributed by atoms with Gasteiger partial charge in [0.1, 0.15) is 0 Å². The first kappa shape index (κ1) is 13.4. The minimum absolute atomic E-state index is 0.378. The van der Waals surface area contributed by atoms with Crippen molar-refractivity contribution < 1.29 is 4.74 Å². The molecule has 1 fully saturated rings. The third-order valence-corrected chi connectivity index (χ3v) is 5.73. The van der Waals surface area contributed by atoms with E-state index in [2.05, 4.69) is 35.3 Å². The van der Waals surface area contributed by atoms with Crippen molar-refractivity contribution in [2.75, 3.05) is 26.0 Å². The van der Waals surface area contributed by atoms with Crippen LogP contribution in [0.15, 0.2) is 16.8 Å². The van der Waals surface area contributed by atoms with Gasteiger partial charge in [-0.1, -0.05) is 0 Å². The molecular formula is C13H21NOS2. The van der Waals surface area contributed by atoms with Crippen LogP contribution in [-0.4, -0.2) is 30.8 Å². The zero-order chi connectivity index (χ0) is 12.1. The molecule has 2 rings (SSSR count). The van der Waals surface area contributed by atoms with E-state index in [0.29, 0.717) is 10.8 Å². The molecule has 0 amide bonds. The maximum absolute atomic E-state index is 5.47. The summed E-state index contributed by atoms with van der Waals surface area (Å²) in [4.78, 5) is 0. The van der Waals surface area contributed by atoms with E-state index < -0.39 is 0 Å². The SMILES string of the molecule is CSC1(CN[C@H](C)c2ccsc2)CCOCC1. The minimum atomic E-state index is 0.378. The van der Waals surface area contributed by atoms with Gasteiger partial charge < -0.3 is 10.1 Å². The molecule has 0 radical (unpaired) electrons. The average molecular weight is 271 g/mol. The van der Waals surface area contributed by atoms with Gasteiger partial charge in [-0.05, 0) is 48.4 Å². The number of thioether (sulfide) groups is 1. The molecule has 0 bridgehead atoms. The molecular weight excluding hydrogens is 250 g/mol. The molecule has 0 aliphatic carbocycles. The van der Waals surface area contributed by atoms with E-state index in [9.17, 15) is 0 Å². The molecule has 17 heavy (non-hydrogen) atoms. The fraction of sp³-hybridized carbons (Fsp3) is 0.692. The van der Waals surface area contributed by atoms with Crippen molar-refractivity contribution >= 4 is 23.1 Å². The normalized spacial score (nSPS) is 21.3. The molecule has 0 spiro atoms. The molecule has 1 aromatic heterocycles. The van der Waals surface area contributed by atoms with Crippen molar-refractivity contribution in [1.29, 1.82) is 0 Å². The highest BCUT2D eigenvalue weighted by atomic mass is 32.2. The smallest absolute Gasteiger partial charge is 0.0479 e.